The van der Waals surface area contributed by atoms with E-state index in [1.165, 1.54) is 0 Å². The van der Waals surface area contributed by atoms with Crippen LogP contribution in [0, 0.1) is 12.8 Å². The molecule has 2 heterocycles. The average Bonchev–Trinajstić information content (AvgIpc) is 3.01. The Kier molecular flexibility index (Phi) is 5.94. The van der Waals surface area contributed by atoms with Gasteiger partial charge in [-0.15, -0.1) is 0 Å². The molecule has 148 valence electrons. The Bertz CT molecular complexity index is 681. The van der Waals surface area contributed by atoms with E-state index in [-0.39, 0.29) is 17.9 Å². The van der Waals surface area contributed by atoms with Crippen LogP contribution in [0.15, 0.2) is 24.3 Å². The van der Waals surface area contributed by atoms with Gasteiger partial charge in [-0.2, -0.15) is 0 Å². The fourth-order valence-corrected chi connectivity index (χ4v) is 3.59. The molecule has 27 heavy (non-hydrogen) atoms. The van der Waals surface area contributed by atoms with E-state index in [0.717, 1.165) is 18.4 Å². The number of aryl methyl sites for hydroxylation is 1. The number of likely N-dealkylation sites (tertiary alicyclic amines) is 1. The van der Waals surface area contributed by atoms with Gasteiger partial charge in [0.05, 0.1) is 12.6 Å². The number of urea groups is 1. The van der Waals surface area contributed by atoms with Gasteiger partial charge < -0.3 is 15.5 Å². The summed E-state index contributed by atoms with van der Waals surface area (Å²) in [7, 11) is 0. The van der Waals surface area contributed by atoms with E-state index in [1.807, 2.05) is 31.2 Å². The molecule has 0 aliphatic carbocycles. The van der Waals surface area contributed by atoms with E-state index >= 15 is 0 Å². The van der Waals surface area contributed by atoms with Crippen molar-refractivity contribution in [1.29, 1.82) is 0 Å². The zero-order valence-electron chi connectivity index (χ0n) is 15.4. The fraction of sp³-hybridized carbons (Fsp3) is 0.579. The van der Waals surface area contributed by atoms with Gasteiger partial charge in [0.15, 0.2) is 0 Å². The van der Waals surface area contributed by atoms with E-state index in [4.69, 9.17) is 0 Å². The van der Waals surface area contributed by atoms with E-state index in [1.54, 1.807) is 4.90 Å². The van der Waals surface area contributed by atoms with E-state index in [0.29, 0.717) is 25.3 Å². The molecule has 1 aromatic carbocycles. The molecule has 8 heteroatoms. The van der Waals surface area contributed by atoms with Crippen molar-refractivity contribution in [2.75, 3.05) is 31.5 Å². The maximum atomic E-state index is 13.3. The zero-order chi connectivity index (χ0) is 19.4. The number of nitrogens with zero attached hydrogens (tertiary/aromatic N) is 1. The summed E-state index contributed by atoms with van der Waals surface area (Å²) in [6.45, 7) is 3.03. The highest BCUT2D eigenvalue weighted by molar-refractivity contribution is 5.89. The monoisotopic (exact) mass is 380 g/mol. The van der Waals surface area contributed by atoms with Crippen LogP contribution in [-0.4, -0.2) is 55.0 Å². The Morgan fingerprint density at radius 3 is 2.70 bits per heavy atom. The van der Waals surface area contributed by atoms with Crippen LogP contribution >= 0.6 is 0 Å². The predicted molar refractivity (Wildman–Crippen MR) is 98.9 cm³/mol. The van der Waals surface area contributed by atoms with Crippen molar-refractivity contribution in [3.8, 4) is 0 Å². The highest BCUT2D eigenvalue weighted by Gasteiger charge is 2.44. The number of hydrogen-bond donors (Lipinski definition) is 3. The summed E-state index contributed by atoms with van der Waals surface area (Å²) in [5.41, 5.74) is 1.83. The maximum Gasteiger partial charge on any atom is 0.319 e. The molecule has 3 amide bonds. The second kappa shape index (κ2) is 8.21. The largest absolute Gasteiger partial charge is 0.341 e. The Morgan fingerprint density at radius 2 is 2.04 bits per heavy atom. The first-order valence-corrected chi connectivity index (χ1v) is 9.34. The number of alkyl halides is 2. The van der Waals surface area contributed by atoms with Crippen LogP contribution in [0.3, 0.4) is 0 Å². The molecule has 6 nitrogen and oxygen atoms in total. The first kappa shape index (κ1) is 19.5. The van der Waals surface area contributed by atoms with Crippen molar-refractivity contribution in [1.82, 2.24) is 15.5 Å². The van der Waals surface area contributed by atoms with Gasteiger partial charge in [-0.05, 0) is 37.8 Å². The van der Waals surface area contributed by atoms with E-state index in [2.05, 4.69) is 16.0 Å². The molecule has 2 aliphatic rings. The first-order chi connectivity index (χ1) is 12.8. The fourth-order valence-electron chi connectivity index (χ4n) is 3.59. The van der Waals surface area contributed by atoms with E-state index < -0.39 is 24.9 Å². The Balaban J connectivity index is 1.45. The molecule has 0 saturated carbocycles. The number of anilines is 1. The van der Waals surface area contributed by atoms with Crippen molar-refractivity contribution in [3.05, 3.63) is 29.8 Å². The number of carbonyl (C=O) groups is 2. The Hall–Kier alpha value is -2.22. The number of rotatable bonds is 4. The van der Waals surface area contributed by atoms with Gasteiger partial charge in [-0.25, -0.2) is 13.6 Å². The molecule has 1 aromatic rings. The number of nitrogens with one attached hydrogen (secondary N) is 3. The number of hydrogen-bond acceptors (Lipinski definition) is 3. The quantitative estimate of drug-likeness (QED) is 0.751. The standard InChI is InChI=1S/C19H26F2N4O2/c1-13-4-6-15(7-5-13)24-18(27)22-10-14-3-2-8-25(11-14)17(26)16-9-19(20,21)12-23-16/h4-7,14,16,23H,2-3,8-12H2,1H3,(H2,22,24,27). The molecule has 3 rings (SSSR count). The molecule has 0 aromatic heterocycles. The lowest BCUT2D eigenvalue weighted by molar-refractivity contribution is -0.135. The third-order valence-electron chi connectivity index (χ3n) is 5.10. The van der Waals surface area contributed by atoms with Gasteiger partial charge >= 0.3 is 6.03 Å². The average molecular weight is 380 g/mol. The number of carbonyl (C=O) groups excluding carboxylic acids is 2. The van der Waals surface area contributed by atoms with Gasteiger partial charge in [-0.3, -0.25) is 10.1 Å². The molecule has 0 radical (unpaired) electrons. The highest BCUT2D eigenvalue weighted by Crippen LogP contribution is 2.27. The van der Waals surface area contributed by atoms with E-state index in [9.17, 15) is 18.4 Å². The van der Waals surface area contributed by atoms with Crippen molar-refractivity contribution in [2.45, 2.75) is 38.2 Å². The summed E-state index contributed by atoms with van der Waals surface area (Å²) >= 11 is 0. The van der Waals surface area contributed by atoms with Gasteiger partial charge in [-0.1, -0.05) is 17.7 Å². The number of piperidine rings is 1. The Labute approximate surface area is 157 Å². The summed E-state index contributed by atoms with van der Waals surface area (Å²) in [5, 5.41) is 8.23. The van der Waals surface area contributed by atoms with Gasteiger partial charge in [0.25, 0.3) is 5.92 Å². The summed E-state index contributed by atoms with van der Waals surface area (Å²) in [5.74, 6) is -2.96. The van der Waals surface area contributed by atoms with Crippen LogP contribution < -0.4 is 16.0 Å². The van der Waals surface area contributed by atoms with Crippen LogP contribution in [0.1, 0.15) is 24.8 Å². The number of benzene rings is 1. The second-order valence-electron chi connectivity index (χ2n) is 7.49. The van der Waals surface area contributed by atoms with Crippen LogP contribution in [-0.2, 0) is 4.79 Å². The minimum atomic E-state index is -2.81. The first-order valence-electron chi connectivity index (χ1n) is 9.34. The molecule has 2 unspecified atom stereocenters. The van der Waals surface area contributed by atoms with Crippen molar-refractivity contribution >= 4 is 17.6 Å². The lowest BCUT2D eigenvalue weighted by Gasteiger charge is -2.34. The van der Waals surface area contributed by atoms with Crippen molar-refractivity contribution in [2.24, 2.45) is 5.92 Å². The molecule has 0 spiro atoms. The molecule has 3 N–H and O–H groups in total. The van der Waals surface area contributed by atoms with Crippen molar-refractivity contribution in [3.63, 3.8) is 0 Å². The molecule has 2 saturated heterocycles. The minimum absolute atomic E-state index is 0.119. The summed E-state index contributed by atoms with van der Waals surface area (Å²) in [4.78, 5) is 26.2. The number of amides is 3. The maximum absolute atomic E-state index is 13.3. The Morgan fingerprint density at radius 1 is 1.30 bits per heavy atom. The third-order valence-corrected chi connectivity index (χ3v) is 5.10. The van der Waals surface area contributed by atoms with Crippen LogP contribution in [0.4, 0.5) is 19.3 Å². The summed E-state index contributed by atoms with van der Waals surface area (Å²) in [6.07, 6.45) is 1.26. The van der Waals surface area contributed by atoms with Crippen molar-refractivity contribution < 1.29 is 18.4 Å². The SMILES string of the molecule is Cc1ccc(NC(=O)NCC2CCCN(C(=O)C3CC(F)(F)CN3)C2)cc1. The topological polar surface area (TPSA) is 73.5 Å². The third kappa shape index (κ3) is 5.38. The predicted octanol–water partition coefficient (Wildman–Crippen LogP) is 2.35. The highest BCUT2D eigenvalue weighted by atomic mass is 19.3. The normalized spacial score (nSPS) is 24.5. The molecular weight excluding hydrogens is 354 g/mol. The van der Waals surface area contributed by atoms with Gasteiger partial charge in [0.1, 0.15) is 0 Å². The molecular formula is C19H26F2N4O2. The molecule has 2 atom stereocenters. The molecule has 2 aliphatic heterocycles. The second-order valence-corrected chi connectivity index (χ2v) is 7.49. The number of halogens is 2. The van der Waals surface area contributed by atoms with Crippen LogP contribution in [0.5, 0.6) is 0 Å². The lowest BCUT2D eigenvalue weighted by Crippen LogP contribution is -2.49. The lowest BCUT2D eigenvalue weighted by atomic mass is 9.97. The van der Waals surface area contributed by atoms with Crippen LogP contribution in [0.25, 0.3) is 0 Å². The minimum Gasteiger partial charge on any atom is -0.341 e. The summed E-state index contributed by atoms with van der Waals surface area (Å²) in [6, 6.07) is 6.40. The molecule has 2 fully saturated rings. The van der Waals surface area contributed by atoms with Gasteiger partial charge in [0, 0.05) is 31.7 Å². The molecule has 0 bridgehead atoms. The van der Waals surface area contributed by atoms with Crippen LogP contribution in [0.2, 0.25) is 0 Å². The summed E-state index contributed by atoms with van der Waals surface area (Å²) < 4.78 is 26.6. The smallest absolute Gasteiger partial charge is 0.319 e. The zero-order valence-corrected chi connectivity index (χ0v) is 15.4. The van der Waals surface area contributed by atoms with Gasteiger partial charge in [0.2, 0.25) is 5.91 Å².